The number of hydrogen-bond acceptors (Lipinski definition) is 1. The molecule has 1 heteroatoms. The van der Waals surface area contributed by atoms with Crippen molar-refractivity contribution in [2.45, 2.75) is 33.6 Å². The highest BCUT2D eigenvalue weighted by Crippen LogP contribution is 2.42. The molecule has 0 bridgehead atoms. The molecule has 0 aromatic carbocycles. The molecule has 16 heavy (non-hydrogen) atoms. The summed E-state index contributed by atoms with van der Waals surface area (Å²) in [6.45, 7) is 14.1. The van der Waals surface area contributed by atoms with Crippen molar-refractivity contribution < 1.29 is 0 Å². The summed E-state index contributed by atoms with van der Waals surface area (Å²) in [5.41, 5.74) is 4.85. The van der Waals surface area contributed by atoms with Crippen LogP contribution in [-0.4, -0.2) is 4.98 Å². The highest BCUT2D eigenvalue weighted by molar-refractivity contribution is 5.76. The zero-order chi connectivity index (χ0) is 12.1. The molecule has 0 N–H and O–H groups in total. The van der Waals surface area contributed by atoms with E-state index in [0.29, 0.717) is 5.92 Å². The van der Waals surface area contributed by atoms with E-state index in [2.05, 4.69) is 25.1 Å². The molecule has 1 nitrogen and oxygen atoms in total. The fourth-order valence-electron chi connectivity index (χ4n) is 1.82. The van der Waals surface area contributed by atoms with Crippen LogP contribution in [0.2, 0.25) is 0 Å². The predicted octanol–water partition coefficient (Wildman–Crippen LogP) is 4.48. The number of aryl methyl sites for hydroxylation is 1. The maximum atomic E-state index is 4.18. The second-order valence-electron chi connectivity index (χ2n) is 3.92. The van der Waals surface area contributed by atoms with E-state index in [0.717, 1.165) is 5.56 Å². The molecule has 0 unspecified atom stereocenters. The molecule has 1 saturated carbocycles. The largest absolute Gasteiger partial charge is 0.264 e. The molecule has 1 aliphatic rings. The summed E-state index contributed by atoms with van der Waals surface area (Å²) < 4.78 is 0. The number of aromatic nitrogens is 1. The minimum atomic E-state index is 0.704. The minimum Gasteiger partial charge on any atom is -0.264 e. The monoisotopic (exact) mass is 215 g/mol. The zero-order valence-corrected chi connectivity index (χ0v) is 10.6. The molecule has 0 spiro atoms. The number of hydrogen-bond donors (Lipinski definition) is 0. The number of nitrogens with zero attached hydrogens (tertiary/aromatic N) is 1. The lowest BCUT2D eigenvalue weighted by molar-refractivity contribution is 1.13. The van der Waals surface area contributed by atoms with Crippen LogP contribution < -0.4 is 0 Å². The first-order valence-electron chi connectivity index (χ1n) is 6.00. The molecule has 0 radical (unpaired) electrons. The normalized spacial score (nSPS) is 13.7. The Hall–Kier alpha value is -1.37. The van der Waals surface area contributed by atoms with E-state index in [-0.39, 0.29) is 0 Å². The van der Waals surface area contributed by atoms with E-state index >= 15 is 0 Å². The van der Waals surface area contributed by atoms with Gasteiger partial charge in [0.2, 0.25) is 0 Å². The van der Waals surface area contributed by atoms with Crippen LogP contribution in [0.1, 0.15) is 43.4 Å². The first kappa shape index (κ1) is 12.7. The maximum Gasteiger partial charge on any atom is 0.0346 e. The standard InChI is InChI=1S/C13H15N.C2H6/c1-4-11-8-14-7-9(2)13(11)10(3)12-5-6-12;1-2/h4,7-8,12H,1,3,5-6H2,2H3;1-2H3. The maximum absolute atomic E-state index is 4.18. The van der Waals surface area contributed by atoms with Gasteiger partial charge in [0.1, 0.15) is 0 Å². The van der Waals surface area contributed by atoms with Gasteiger partial charge in [0.15, 0.2) is 0 Å². The Morgan fingerprint density at radius 1 is 1.38 bits per heavy atom. The van der Waals surface area contributed by atoms with Gasteiger partial charge in [-0.3, -0.25) is 4.98 Å². The number of rotatable bonds is 3. The third-order valence-corrected chi connectivity index (χ3v) is 2.78. The van der Waals surface area contributed by atoms with Crippen LogP contribution in [0.5, 0.6) is 0 Å². The number of pyridine rings is 1. The second-order valence-corrected chi connectivity index (χ2v) is 3.92. The highest BCUT2D eigenvalue weighted by Gasteiger charge is 2.27. The second kappa shape index (κ2) is 5.64. The van der Waals surface area contributed by atoms with Crippen LogP contribution in [0.3, 0.4) is 0 Å². The first-order valence-corrected chi connectivity index (χ1v) is 6.00. The predicted molar refractivity (Wildman–Crippen MR) is 72.2 cm³/mol. The van der Waals surface area contributed by atoms with Crippen molar-refractivity contribution in [1.82, 2.24) is 4.98 Å². The topological polar surface area (TPSA) is 12.9 Å². The van der Waals surface area contributed by atoms with Crippen LogP contribution in [0.15, 0.2) is 25.6 Å². The van der Waals surface area contributed by atoms with E-state index in [4.69, 9.17) is 0 Å². The van der Waals surface area contributed by atoms with Crippen LogP contribution >= 0.6 is 0 Å². The fraction of sp³-hybridized carbons (Fsp3) is 0.400. The first-order chi connectivity index (χ1) is 7.74. The van der Waals surface area contributed by atoms with Gasteiger partial charge in [0, 0.05) is 12.4 Å². The number of allylic oxidation sites excluding steroid dienone is 1. The van der Waals surface area contributed by atoms with Gasteiger partial charge in [0.05, 0.1) is 0 Å². The van der Waals surface area contributed by atoms with Gasteiger partial charge in [-0.15, -0.1) is 0 Å². The Morgan fingerprint density at radius 3 is 2.50 bits per heavy atom. The van der Waals surface area contributed by atoms with E-state index < -0.39 is 0 Å². The summed E-state index contributed by atoms with van der Waals surface area (Å²) in [7, 11) is 0. The Balaban J connectivity index is 0.000000606. The zero-order valence-electron chi connectivity index (χ0n) is 10.6. The van der Waals surface area contributed by atoms with Crippen molar-refractivity contribution in [3.05, 3.63) is 42.2 Å². The molecule has 0 aliphatic heterocycles. The quantitative estimate of drug-likeness (QED) is 0.724. The van der Waals surface area contributed by atoms with Gasteiger partial charge in [-0.2, -0.15) is 0 Å². The molecule has 0 saturated heterocycles. The van der Waals surface area contributed by atoms with E-state index in [9.17, 15) is 0 Å². The van der Waals surface area contributed by atoms with Gasteiger partial charge in [0.25, 0.3) is 0 Å². The summed E-state index contributed by atoms with van der Waals surface area (Å²) >= 11 is 0. The Bertz CT molecular complexity index is 386. The van der Waals surface area contributed by atoms with Crippen molar-refractivity contribution in [2.75, 3.05) is 0 Å². The summed E-state index contributed by atoms with van der Waals surface area (Å²) in [6, 6.07) is 0. The van der Waals surface area contributed by atoms with Gasteiger partial charge in [-0.25, -0.2) is 0 Å². The van der Waals surface area contributed by atoms with Crippen LogP contribution in [0.4, 0.5) is 0 Å². The molecule has 0 amide bonds. The summed E-state index contributed by atoms with van der Waals surface area (Å²) in [6.07, 6.45) is 8.20. The van der Waals surface area contributed by atoms with Crippen molar-refractivity contribution in [3.63, 3.8) is 0 Å². The SMILES string of the molecule is C=Cc1cncc(C)c1C(=C)C1CC1.CC. The fourth-order valence-corrected chi connectivity index (χ4v) is 1.82. The van der Waals surface area contributed by atoms with E-state index in [1.807, 2.05) is 32.3 Å². The van der Waals surface area contributed by atoms with Gasteiger partial charge < -0.3 is 0 Å². The Labute approximate surface area is 98.9 Å². The summed E-state index contributed by atoms with van der Waals surface area (Å²) in [4.78, 5) is 4.17. The van der Waals surface area contributed by atoms with E-state index in [1.165, 1.54) is 29.5 Å². The molecular weight excluding hydrogens is 194 g/mol. The molecule has 0 atom stereocenters. The minimum absolute atomic E-state index is 0.704. The molecule has 86 valence electrons. The average Bonchev–Trinajstić information content (AvgIpc) is 3.14. The van der Waals surface area contributed by atoms with E-state index in [1.54, 1.807) is 0 Å². The molecule has 2 rings (SSSR count). The Morgan fingerprint density at radius 2 is 2.00 bits per heavy atom. The van der Waals surface area contributed by atoms with Crippen LogP contribution in [-0.2, 0) is 0 Å². The average molecular weight is 215 g/mol. The lowest BCUT2D eigenvalue weighted by Gasteiger charge is -2.11. The van der Waals surface area contributed by atoms with Gasteiger partial charge in [-0.05, 0) is 47.9 Å². The van der Waals surface area contributed by atoms with Gasteiger partial charge in [-0.1, -0.05) is 33.1 Å². The van der Waals surface area contributed by atoms with Crippen molar-refractivity contribution in [3.8, 4) is 0 Å². The molecule has 1 fully saturated rings. The molecular formula is C15H21N. The van der Waals surface area contributed by atoms with Crippen molar-refractivity contribution in [1.29, 1.82) is 0 Å². The van der Waals surface area contributed by atoms with Crippen LogP contribution in [0, 0.1) is 12.8 Å². The molecule has 1 aromatic rings. The third kappa shape index (κ3) is 2.60. The molecule has 1 heterocycles. The Kier molecular flexibility index (Phi) is 4.48. The van der Waals surface area contributed by atoms with Crippen molar-refractivity contribution in [2.24, 2.45) is 5.92 Å². The van der Waals surface area contributed by atoms with Crippen molar-refractivity contribution >= 4 is 11.6 Å². The lowest BCUT2D eigenvalue weighted by Crippen LogP contribution is -1.95. The summed E-state index contributed by atoms with van der Waals surface area (Å²) in [5.74, 6) is 0.704. The molecule has 1 aromatic heterocycles. The molecule has 1 aliphatic carbocycles. The third-order valence-electron chi connectivity index (χ3n) is 2.78. The van der Waals surface area contributed by atoms with Crippen LogP contribution in [0.25, 0.3) is 11.6 Å². The summed E-state index contributed by atoms with van der Waals surface area (Å²) in [5, 5.41) is 0. The van der Waals surface area contributed by atoms with Gasteiger partial charge >= 0.3 is 0 Å². The lowest BCUT2D eigenvalue weighted by atomic mass is 9.95. The highest BCUT2D eigenvalue weighted by atomic mass is 14.6. The smallest absolute Gasteiger partial charge is 0.0346 e.